The molecule has 2 atom stereocenters. The molecule has 1 saturated heterocycles. The number of aryl methyl sites for hydroxylation is 4. The van der Waals surface area contributed by atoms with Gasteiger partial charge in [-0.25, -0.2) is 4.98 Å². The third kappa shape index (κ3) is 4.22. The highest BCUT2D eigenvalue weighted by Crippen LogP contribution is 2.36. The highest BCUT2D eigenvalue weighted by atomic mass is 32.2. The molecule has 1 aromatic carbocycles. The monoisotopic (exact) mass is 495 g/mol. The van der Waals surface area contributed by atoms with E-state index >= 15 is 0 Å². The van der Waals surface area contributed by atoms with E-state index in [1.54, 1.807) is 15.9 Å². The molecule has 5 rings (SSSR count). The molecule has 7 heteroatoms. The number of carbonyl (C=O) groups is 1. The molecule has 1 amide bonds. The van der Waals surface area contributed by atoms with Gasteiger partial charge in [-0.1, -0.05) is 29.5 Å². The zero-order chi connectivity index (χ0) is 24.0. The number of hydrogen-bond donors (Lipinski definition) is 0. The van der Waals surface area contributed by atoms with Crippen LogP contribution in [0.5, 0.6) is 0 Å². The number of fused-ring (bicyclic) bond motifs is 3. The van der Waals surface area contributed by atoms with Crippen LogP contribution in [0.4, 0.5) is 0 Å². The van der Waals surface area contributed by atoms with Crippen LogP contribution >= 0.6 is 23.1 Å². The first kappa shape index (κ1) is 23.6. The van der Waals surface area contributed by atoms with Crippen molar-refractivity contribution in [3.63, 3.8) is 0 Å². The maximum Gasteiger partial charge on any atom is 0.267 e. The minimum atomic E-state index is 0.00557. The van der Waals surface area contributed by atoms with Crippen molar-refractivity contribution in [2.75, 3.05) is 5.75 Å². The second-order valence-corrected chi connectivity index (χ2v) is 12.0. The quantitative estimate of drug-likeness (QED) is 0.338. The topological polar surface area (TPSA) is 55.2 Å². The number of benzene rings is 1. The number of thiophene rings is 1. The van der Waals surface area contributed by atoms with Crippen LogP contribution in [0.1, 0.15) is 67.5 Å². The molecule has 180 valence electrons. The molecule has 3 aromatic rings. The molecular formula is C27H33N3O2S2. The van der Waals surface area contributed by atoms with E-state index in [4.69, 9.17) is 4.98 Å². The fourth-order valence-electron chi connectivity index (χ4n) is 5.67. The van der Waals surface area contributed by atoms with Crippen LogP contribution in [0.3, 0.4) is 0 Å². The summed E-state index contributed by atoms with van der Waals surface area (Å²) in [6.45, 7) is 8.39. The van der Waals surface area contributed by atoms with Gasteiger partial charge in [0.2, 0.25) is 5.91 Å². The Morgan fingerprint density at radius 1 is 1.12 bits per heavy atom. The smallest absolute Gasteiger partial charge is 0.267 e. The molecule has 2 unspecified atom stereocenters. The van der Waals surface area contributed by atoms with E-state index in [2.05, 4.69) is 26.8 Å². The lowest BCUT2D eigenvalue weighted by atomic mass is 9.97. The first-order valence-electron chi connectivity index (χ1n) is 12.4. The van der Waals surface area contributed by atoms with Gasteiger partial charge in [-0.05, 0) is 89.8 Å². The second kappa shape index (κ2) is 9.50. The Bertz CT molecular complexity index is 1300. The summed E-state index contributed by atoms with van der Waals surface area (Å²) in [7, 11) is 0. The lowest BCUT2D eigenvalue weighted by Crippen LogP contribution is -2.48. The summed E-state index contributed by atoms with van der Waals surface area (Å²) in [5.41, 5.74) is 4.26. The van der Waals surface area contributed by atoms with Gasteiger partial charge in [-0.15, -0.1) is 11.3 Å². The van der Waals surface area contributed by atoms with Crippen LogP contribution < -0.4 is 5.56 Å². The van der Waals surface area contributed by atoms with E-state index in [1.165, 1.54) is 35.0 Å². The highest BCUT2D eigenvalue weighted by molar-refractivity contribution is 7.99. The molecule has 0 saturated carbocycles. The van der Waals surface area contributed by atoms with Gasteiger partial charge in [0.1, 0.15) is 4.83 Å². The first-order chi connectivity index (χ1) is 16.3. The molecule has 0 spiro atoms. The number of hydrogen-bond acceptors (Lipinski definition) is 5. The van der Waals surface area contributed by atoms with Crippen molar-refractivity contribution in [2.45, 2.75) is 89.9 Å². The van der Waals surface area contributed by atoms with Crippen molar-refractivity contribution >= 4 is 39.2 Å². The van der Waals surface area contributed by atoms with Crippen LogP contribution in [-0.4, -0.2) is 38.2 Å². The fraction of sp³-hybridized carbons (Fsp3) is 0.519. The summed E-state index contributed by atoms with van der Waals surface area (Å²) in [5, 5.41) is 1.40. The Hall–Kier alpha value is -2.12. The number of amides is 1. The average molecular weight is 496 g/mol. The van der Waals surface area contributed by atoms with Gasteiger partial charge in [0.05, 0.1) is 16.8 Å². The molecule has 1 aliphatic heterocycles. The van der Waals surface area contributed by atoms with Crippen molar-refractivity contribution in [2.24, 2.45) is 0 Å². The number of likely N-dealkylation sites (tertiary alicyclic amines) is 1. The number of aromatic nitrogens is 2. The van der Waals surface area contributed by atoms with Gasteiger partial charge in [0.15, 0.2) is 5.16 Å². The standard InChI is InChI=1S/C27H33N3O2S2/c1-16-12-13-21(17(2)14-16)30-26(32)24-20-10-5-6-11-22(20)34-25(24)28-27(30)33-15-23(31)29-18(3)8-7-9-19(29)4/h12-14,18-19H,5-11,15H2,1-4H3. The Balaban J connectivity index is 1.58. The van der Waals surface area contributed by atoms with E-state index in [1.807, 2.05) is 24.0 Å². The molecule has 3 heterocycles. The van der Waals surface area contributed by atoms with E-state index in [0.717, 1.165) is 59.1 Å². The van der Waals surface area contributed by atoms with Crippen molar-refractivity contribution in [1.82, 2.24) is 14.5 Å². The second-order valence-electron chi connectivity index (χ2n) is 9.93. The normalized spacial score (nSPS) is 20.5. The predicted molar refractivity (Wildman–Crippen MR) is 142 cm³/mol. The molecule has 0 radical (unpaired) electrons. The Labute approximate surface area is 209 Å². The van der Waals surface area contributed by atoms with Crippen molar-refractivity contribution in [3.05, 3.63) is 50.1 Å². The zero-order valence-corrected chi connectivity index (χ0v) is 22.2. The Kier molecular flexibility index (Phi) is 6.60. The minimum absolute atomic E-state index is 0.00557. The third-order valence-electron chi connectivity index (χ3n) is 7.36. The molecule has 2 aliphatic rings. The Morgan fingerprint density at radius 3 is 2.59 bits per heavy atom. The number of rotatable bonds is 4. The third-order valence-corrected chi connectivity index (χ3v) is 9.47. The van der Waals surface area contributed by atoms with Crippen LogP contribution in [0.25, 0.3) is 15.9 Å². The summed E-state index contributed by atoms with van der Waals surface area (Å²) < 4.78 is 1.76. The molecule has 0 bridgehead atoms. The number of piperidine rings is 1. The van der Waals surface area contributed by atoms with Crippen LogP contribution in [-0.2, 0) is 17.6 Å². The molecule has 0 N–H and O–H groups in total. The van der Waals surface area contributed by atoms with Gasteiger partial charge in [-0.3, -0.25) is 14.2 Å². The SMILES string of the molecule is Cc1ccc(-n2c(SCC(=O)N3C(C)CCCC3C)nc3sc4c(c3c2=O)CCCC4)c(C)c1. The zero-order valence-electron chi connectivity index (χ0n) is 20.5. The lowest BCUT2D eigenvalue weighted by molar-refractivity contribution is -0.134. The van der Waals surface area contributed by atoms with Gasteiger partial charge >= 0.3 is 0 Å². The van der Waals surface area contributed by atoms with Gasteiger partial charge < -0.3 is 4.90 Å². The maximum atomic E-state index is 14.0. The van der Waals surface area contributed by atoms with E-state index < -0.39 is 0 Å². The Morgan fingerprint density at radius 2 is 1.85 bits per heavy atom. The molecule has 2 aromatic heterocycles. The van der Waals surface area contributed by atoms with Crippen molar-refractivity contribution < 1.29 is 4.79 Å². The van der Waals surface area contributed by atoms with Crippen LogP contribution in [0.2, 0.25) is 0 Å². The highest BCUT2D eigenvalue weighted by Gasteiger charge is 2.30. The number of thioether (sulfide) groups is 1. The van der Waals surface area contributed by atoms with E-state index in [0.29, 0.717) is 10.9 Å². The predicted octanol–water partition coefficient (Wildman–Crippen LogP) is 5.82. The molecule has 5 nitrogen and oxygen atoms in total. The van der Waals surface area contributed by atoms with Crippen LogP contribution in [0, 0.1) is 13.8 Å². The van der Waals surface area contributed by atoms with E-state index in [-0.39, 0.29) is 23.6 Å². The maximum absolute atomic E-state index is 14.0. The van der Waals surface area contributed by atoms with Crippen molar-refractivity contribution in [3.8, 4) is 5.69 Å². The average Bonchev–Trinajstić information content (AvgIpc) is 3.17. The van der Waals surface area contributed by atoms with Crippen molar-refractivity contribution in [1.29, 1.82) is 0 Å². The molecule has 1 fully saturated rings. The first-order valence-corrected chi connectivity index (χ1v) is 14.2. The summed E-state index contributed by atoms with van der Waals surface area (Å²) in [6, 6.07) is 6.68. The molecule has 34 heavy (non-hydrogen) atoms. The molecule has 1 aliphatic carbocycles. The number of carbonyl (C=O) groups excluding carboxylic acids is 1. The van der Waals surface area contributed by atoms with E-state index in [9.17, 15) is 9.59 Å². The van der Waals surface area contributed by atoms with Gasteiger partial charge in [0, 0.05) is 17.0 Å². The summed E-state index contributed by atoms with van der Waals surface area (Å²) >= 11 is 3.07. The fourth-order valence-corrected chi connectivity index (χ4v) is 7.84. The van der Waals surface area contributed by atoms with Gasteiger partial charge in [-0.2, -0.15) is 0 Å². The summed E-state index contributed by atoms with van der Waals surface area (Å²) in [4.78, 5) is 36.4. The van der Waals surface area contributed by atoms with Crippen LogP contribution in [0.15, 0.2) is 28.2 Å². The number of nitrogens with zero attached hydrogens (tertiary/aromatic N) is 3. The van der Waals surface area contributed by atoms with Gasteiger partial charge in [0.25, 0.3) is 5.56 Å². The molecular weight excluding hydrogens is 462 g/mol. The largest absolute Gasteiger partial charge is 0.337 e. The summed E-state index contributed by atoms with van der Waals surface area (Å²) in [5.74, 6) is 0.430. The lowest BCUT2D eigenvalue weighted by Gasteiger charge is -2.39. The summed E-state index contributed by atoms with van der Waals surface area (Å²) in [6.07, 6.45) is 7.57. The minimum Gasteiger partial charge on any atom is -0.337 e.